The lowest BCUT2D eigenvalue weighted by atomic mass is 9.68. The maximum atomic E-state index is 2.53. The van der Waals surface area contributed by atoms with Crippen LogP contribution < -0.4 is 0 Å². The van der Waals surface area contributed by atoms with Crippen LogP contribution in [-0.4, -0.2) is 0 Å². The highest BCUT2D eigenvalue weighted by atomic mass is 14.4. The van der Waals surface area contributed by atoms with E-state index in [0.717, 1.165) is 6.42 Å². The third kappa shape index (κ3) is 5.63. The molecule has 0 heterocycles. The van der Waals surface area contributed by atoms with E-state index in [1.165, 1.54) is 27.8 Å². The highest BCUT2D eigenvalue weighted by molar-refractivity contribution is 5.52. The molecular weight excluding hydrogens is 372 g/mol. The first-order valence-corrected chi connectivity index (χ1v) is 12.2. The van der Waals surface area contributed by atoms with Crippen molar-refractivity contribution in [2.45, 2.75) is 124 Å². The van der Waals surface area contributed by atoms with Gasteiger partial charge in [-0.2, -0.15) is 0 Å². The Kier molecular flexibility index (Phi) is 6.98. The maximum absolute atomic E-state index is 2.53. The first-order valence-electron chi connectivity index (χ1n) is 12.2. The molecule has 0 aliphatic rings. The van der Waals surface area contributed by atoms with Crippen LogP contribution >= 0.6 is 0 Å². The van der Waals surface area contributed by atoms with Crippen LogP contribution in [0.2, 0.25) is 0 Å². The van der Waals surface area contributed by atoms with E-state index in [2.05, 4.69) is 126 Å². The molecule has 172 valence electrons. The Morgan fingerprint density at radius 1 is 0.581 bits per heavy atom. The van der Waals surface area contributed by atoms with Crippen molar-refractivity contribution in [3.63, 3.8) is 0 Å². The monoisotopic (exact) mass is 420 g/mol. The molecule has 0 spiro atoms. The summed E-state index contributed by atoms with van der Waals surface area (Å²) in [6.45, 7) is 30.6. The van der Waals surface area contributed by atoms with Gasteiger partial charge < -0.3 is 0 Å². The lowest BCUT2D eigenvalue weighted by Crippen LogP contribution is -2.25. The summed E-state index contributed by atoms with van der Waals surface area (Å²) in [4.78, 5) is 0. The Hall–Kier alpha value is -1.56. The topological polar surface area (TPSA) is 0 Å². The molecule has 2 aromatic carbocycles. The molecule has 0 bridgehead atoms. The summed E-state index contributed by atoms with van der Waals surface area (Å²) in [5.74, 6) is 0.390. The molecule has 0 saturated carbocycles. The minimum atomic E-state index is 0.105. The quantitative estimate of drug-likeness (QED) is 0.464. The zero-order valence-corrected chi connectivity index (χ0v) is 22.7. The van der Waals surface area contributed by atoms with E-state index in [4.69, 9.17) is 0 Å². The molecule has 0 aromatic heterocycles. The molecule has 2 aromatic rings. The third-order valence-electron chi connectivity index (χ3n) is 6.58. The van der Waals surface area contributed by atoms with Gasteiger partial charge >= 0.3 is 0 Å². The van der Waals surface area contributed by atoms with E-state index in [-0.39, 0.29) is 21.7 Å². The van der Waals surface area contributed by atoms with Gasteiger partial charge in [-0.25, -0.2) is 0 Å². The average molecular weight is 421 g/mol. The van der Waals surface area contributed by atoms with E-state index >= 15 is 0 Å². The Morgan fingerprint density at radius 3 is 1.39 bits per heavy atom. The Balaban J connectivity index is 2.98. The van der Waals surface area contributed by atoms with Gasteiger partial charge in [0.2, 0.25) is 0 Å². The normalized spacial score (nSPS) is 14.6. The predicted octanol–water partition coefficient (Wildman–Crippen LogP) is 9.42. The van der Waals surface area contributed by atoms with Crippen molar-refractivity contribution in [1.29, 1.82) is 0 Å². The van der Waals surface area contributed by atoms with Gasteiger partial charge in [0.15, 0.2) is 0 Å². The number of hydrogen-bond acceptors (Lipinski definition) is 0. The molecule has 0 saturated heterocycles. The van der Waals surface area contributed by atoms with Crippen molar-refractivity contribution >= 4 is 0 Å². The molecule has 0 nitrogen and oxygen atoms in total. The zero-order valence-electron chi connectivity index (χ0n) is 22.7. The second kappa shape index (κ2) is 8.42. The fourth-order valence-corrected chi connectivity index (χ4v) is 4.83. The number of rotatable bonds is 3. The van der Waals surface area contributed by atoms with Crippen LogP contribution in [0.5, 0.6) is 0 Å². The molecule has 0 radical (unpaired) electrons. The molecular formula is C31H48. The van der Waals surface area contributed by atoms with Gasteiger partial charge in [0.1, 0.15) is 0 Å². The lowest BCUT2D eigenvalue weighted by Gasteiger charge is -2.36. The molecule has 0 heteroatoms. The van der Waals surface area contributed by atoms with Crippen LogP contribution in [0, 0.1) is 0 Å². The van der Waals surface area contributed by atoms with Crippen molar-refractivity contribution in [2.75, 3.05) is 0 Å². The summed E-state index contributed by atoms with van der Waals surface area (Å²) < 4.78 is 0. The van der Waals surface area contributed by atoms with E-state index < -0.39 is 0 Å². The maximum Gasteiger partial charge on any atom is 0.00956 e. The second-order valence-corrected chi connectivity index (χ2v) is 13.5. The van der Waals surface area contributed by atoms with Crippen molar-refractivity contribution in [2.24, 2.45) is 0 Å². The number of hydrogen-bond donors (Lipinski definition) is 0. The second-order valence-electron chi connectivity index (χ2n) is 13.5. The molecule has 0 aliphatic carbocycles. The van der Waals surface area contributed by atoms with Gasteiger partial charge in [-0.15, -0.1) is 0 Å². The summed E-state index contributed by atoms with van der Waals surface area (Å²) in [6.07, 6.45) is 1.10. The first-order chi connectivity index (χ1) is 13.9. The van der Waals surface area contributed by atoms with Crippen LogP contribution in [0.15, 0.2) is 36.4 Å². The molecule has 2 rings (SSSR count). The highest BCUT2D eigenvalue weighted by Crippen LogP contribution is 2.45. The van der Waals surface area contributed by atoms with Crippen molar-refractivity contribution in [1.82, 2.24) is 0 Å². The summed E-state index contributed by atoms with van der Waals surface area (Å²) in [6, 6.07) is 14.3. The van der Waals surface area contributed by atoms with Gasteiger partial charge in [0, 0.05) is 5.92 Å². The van der Waals surface area contributed by atoms with Crippen molar-refractivity contribution in [3.05, 3.63) is 69.8 Å². The molecule has 0 aliphatic heterocycles. The fraction of sp³-hybridized carbons (Fsp3) is 0.613. The van der Waals surface area contributed by atoms with Gasteiger partial charge in [-0.3, -0.25) is 0 Å². The molecule has 1 atom stereocenters. The summed E-state index contributed by atoms with van der Waals surface area (Å²) in [5.41, 5.74) is 9.43. The Bertz CT molecular complexity index is 867. The average Bonchev–Trinajstić information content (AvgIpc) is 2.59. The van der Waals surface area contributed by atoms with Gasteiger partial charge in [0.05, 0.1) is 0 Å². The van der Waals surface area contributed by atoms with Gasteiger partial charge in [0.25, 0.3) is 0 Å². The van der Waals surface area contributed by atoms with E-state index in [0.29, 0.717) is 5.92 Å². The molecule has 1 unspecified atom stereocenters. The molecule has 31 heavy (non-hydrogen) atoms. The first kappa shape index (κ1) is 25.7. The van der Waals surface area contributed by atoms with Crippen LogP contribution in [0.3, 0.4) is 0 Å². The van der Waals surface area contributed by atoms with Crippen LogP contribution in [0.4, 0.5) is 0 Å². The SMILES string of the molecule is CCC(c1cc(C(C)(C)C)ccc1C(C)(C)C)c1c(C(C)(C)C)cccc1C(C)(C)C. The Morgan fingerprint density at radius 2 is 1.03 bits per heavy atom. The predicted molar refractivity (Wildman–Crippen MR) is 140 cm³/mol. The van der Waals surface area contributed by atoms with E-state index in [1.54, 1.807) is 5.56 Å². The minimum absolute atomic E-state index is 0.105. The largest absolute Gasteiger partial charge is 0.0645 e. The fourth-order valence-electron chi connectivity index (χ4n) is 4.83. The smallest absolute Gasteiger partial charge is 0.00956 e. The van der Waals surface area contributed by atoms with Gasteiger partial charge in [-0.1, -0.05) is 126 Å². The van der Waals surface area contributed by atoms with E-state index in [1.807, 2.05) is 0 Å². The Labute approximate surface area is 193 Å². The summed E-state index contributed by atoms with van der Waals surface area (Å²) in [7, 11) is 0. The third-order valence-corrected chi connectivity index (χ3v) is 6.58. The molecule has 0 fully saturated rings. The standard InChI is InChI=1S/C31H48/c1-14-22(23-20-21(28(2,3)4)18-19-24(23)29(5,6)7)27-25(30(8,9)10)16-15-17-26(27)31(11,12)13/h15-20,22H,14H2,1-13H3. The zero-order chi connectivity index (χ0) is 24.0. The summed E-state index contributed by atoms with van der Waals surface area (Å²) >= 11 is 0. The molecule has 0 amide bonds. The van der Waals surface area contributed by atoms with Crippen LogP contribution in [0.25, 0.3) is 0 Å². The highest BCUT2D eigenvalue weighted by Gasteiger charge is 2.32. The lowest BCUT2D eigenvalue weighted by molar-refractivity contribution is 0.534. The number of benzene rings is 2. The molecule has 0 N–H and O–H groups in total. The van der Waals surface area contributed by atoms with Crippen molar-refractivity contribution in [3.8, 4) is 0 Å². The van der Waals surface area contributed by atoms with Gasteiger partial charge in [-0.05, 0) is 61.5 Å². The van der Waals surface area contributed by atoms with E-state index in [9.17, 15) is 0 Å². The van der Waals surface area contributed by atoms with Crippen LogP contribution in [0.1, 0.15) is 136 Å². The van der Waals surface area contributed by atoms with Crippen molar-refractivity contribution < 1.29 is 0 Å². The summed E-state index contributed by atoms with van der Waals surface area (Å²) in [5, 5.41) is 0. The van der Waals surface area contributed by atoms with Crippen LogP contribution in [-0.2, 0) is 21.7 Å². The minimum Gasteiger partial charge on any atom is -0.0645 e.